The molecule has 1 aromatic heterocycles. The van der Waals surface area contributed by atoms with Gasteiger partial charge in [0.05, 0.1) is 0 Å². The molecule has 2 aromatic rings. The van der Waals surface area contributed by atoms with E-state index < -0.39 is 0 Å². The van der Waals surface area contributed by atoms with Gasteiger partial charge in [-0.25, -0.2) is 0 Å². The predicted molar refractivity (Wildman–Crippen MR) is 77.4 cm³/mol. The Balaban J connectivity index is 2.07. The molecule has 0 saturated heterocycles. The number of anilines is 1. The molecular weight excluding hydrogens is 326 g/mol. The van der Waals surface area contributed by atoms with Crippen molar-refractivity contribution in [2.75, 3.05) is 5.73 Å². The van der Waals surface area contributed by atoms with Crippen molar-refractivity contribution < 1.29 is 0 Å². The number of nitrogen functional groups attached to an aromatic ring is 1. The highest BCUT2D eigenvalue weighted by atomic mass is 79.9. The van der Waals surface area contributed by atoms with Gasteiger partial charge in [0.2, 0.25) is 0 Å². The van der Waals surface area contributed by atoms with E-state index in [4.69, 9.17) is 17.3 Å². The summed E-state index contributed by atoms with van der Waals surface area (Å²) in [4.78, 5) is 2.35. The smallest absolute Gasteiger partial charge is 0.0453 e. The van der Waals surface area contributed by atoms with Gasteiger partial charge >= 0.3 is 0 Å². The van der Waals surface area contributed by atoms with Crippen LogP contribution in [0.4, 0.5) is 5.69 Å². The van der Waals surface area contributed by atoms with Gasteiger partial charge in [0, 0.05) is 36.1 Å². The molecule has 0 spiro atoms. The molecule has 0 fully saturated rings. The molecule has 0 aliphatic heterocycles. The van der Waals surface area contributed by atoms with Gasteiger partial charge < -0.3 is 5.73 Å². The van der Waals surface area contributed by atoms with Crippen molar-refractivity contribution in [2.45, 2.75) is 10.6 Å². The Morgan fingerprint density at radius 3 is 2.88 bits per heavy atom. The van der Waals surface area contributed by atoms with Gasteiger partial charge in [0.25, 0.3) is 0 Å². The molecule has 0 atom stereocenters. The Labute approximate surface area is 116 Å². The maximum Gasteiger partial charge on any atom is 0.0453 e. The lowest BCUT2D eigenvalue weighted by atomic mass is 10.3. The van der Waals surface area contributed by atoms with E-state index in [2.05, 4.69) is 27.4 Å². The molecule has 84 valence electrons. The van der Waals surface area contributed by atoms with Crippen molar-refractivity contribution in [1.82, 2.24) is 0 Å². The molecule has 2 N–H and O–H groups in total. The van der Waals surface area contributed by atoms with Crippen LogP contribution in [-0.4, -0.2) is 0 Å². The van der Waals surface area contributed by atoms with Crippen LogP contribution >= 0.6 is 50.6 Å². The van der Waals surface area contributed by atoms with Crippen LogP contribution in [0.15, 0.2) is 39.0 Å². The van der Waals surface area contributed by atoms with E-state index in [-0.39, 0.29) is 0 Å². The fourth-order valence-electron chi connectivity index (χ4n) is 1.21. The van der Waals surface area contributed by atoms with Crippen LogP contribution in [0.5, 0.6) is 0 Å². The summed E-state index contributed by atoms with van der Waals surface area (Å²) in [5, 5.41) is 2.81. The molecule has 0 saturated carbocycles. The van der Waals surface area contributed by atoms with Crippen molar-refractivity contribution in [2.24, 2.45) is 0 Å². The number of benzene rings is 1. The fraction of sp³-hybridized carbons (Fsp3) is 0.0909. The number of hydrogen-bond donors (Lipinski definition) is 1. The maximum atomic E-state index is 5.93. The largest absolute Gasteiger partial charge is 0.398 e. The molecule has 2 rings (SSSR count). The molecule has 0 aliphatic carbocycles. The van der Waals surface area contributed by atoms with Crippen LogP contribution in [0, 0.1) is 0 Å². The minimum atomic E-state index is 0.726. The van der Waals surface area contributed by atoms with E-state index in [1.807, 2.05) is 18.2 Å². The highest BCUT2D eigenvalue weighted by Crippen LogP contribution is 2.32. The Morgan fingerprint density at radius 1 is 1.38 bits per heavy atom. The Bertz CT molecular complexity index is 498. The minimum Gasteiger partial charge on any atom is -0.398 e. The van der Waals surface area contributed by atoms with Gasteiger partial charge in [-0.05, 0) is 40.2 Å². The van der Waals surface area contributed by atoms with Gasteiger partial charge in [-0.3, -0.25) is 0 Å². The molecule has 0 radical (unpaired) electrons. The van der Waals surface area contributed by atoms with Crippen LogP contribution in [-0.2, 0) is 5.75 Å². The van der Waals surface area contributed by atoms with Crippen LogP contribution in [0.2, 0.25) is 5.02 Å². The summed E-state index contributed by atoms with van der Waals surface area (Å²) in [5.74, 6) is 0.917. The summed E-state index contributed by atoms with van der Waals surface area (Å²) in [6, 6.07) is 7.68. The lowest BCUT2D eigenvalue weighted by Gasteiger charge is -2.04. The standard InChI is InChI=1S/C11H9BrClNS2/c12-7-3-9(15-5-7)6-16-11-4-8(13)1-2-10(11)14/h1-5H,6,14H2. The zero-order valence-electron chi connectivity index (χ0n) is 8.24. The Hall–Kier alpha value is -0.160. The molecule has 0 unspecified atom stereocenters. The average Bonchev–Trinajstić information content (AvgIpc) is 2.66. The third-order valence-corrected chi connectivity index (χ3v) is 5.20. The SMILES string of the molecule is Nc1ccc(Cl)cc1SCc1cc(Br)cs1. The molecular formula is C11H9BrClNS2. The van der Waals surface area contributed by atoms with E-state index >= 15 is 0 Å². The van der Waals surface area contributed by atoms with Gasteiger partial charge in [-0.2, -0.15) is 0 Å². The van der Waals surface area contributed by atoms with Crippen molar-refractivity contribution in [3.05, 3.63) is 44.0 Å². The molecule has 1 nitrogen and oxygen atoms in total. The van der Waals surface area contributed by atoms with E-state index in [9.17, 15) is 0 Å². The van der Waals surface area contributed by atoms with Crippen LogP contribution in [0.3, 0.4) is 0 Å². The first-order valence-electron chi connectivity index (χ1n) is 4.56. The summed E-state index contributed by atoms with van der Waals surface area (Å²) in [6.07, 6.45) is 0. The minimum absolute atomic E-state index is 0.726. The van der Waals surface area contributed by atoms with Gasteiger partial charge in [-0.1, -0.05) is 11.6 Å². The monoisotopic (exact) mass is 333 g/mol. The third kappa shape index (κ3) is 3.17. The zero-order chi connectivity index (χ0) is 11.5. The molecule has 0 aliphatic rings. The molecule has 0 amide bonds. The normalized spacial score (nSPS) is 10.6. The van der Waals surface area contributed by atoms with Crippen LogP contribution in [0.25, 0.3) is 0 Å². The highest BCUT2D eigenvalue weighted by Gasteiger charge is 2.03. The lowest BCUT2D eigenvalue weighted by molar-refractivity contribution is 1.43. The number of halogens is 2. The van der Waals surface area contributed by atoms with Crippen molar-refractivity contribution in [1.29, 1.82) is 0 Å². The average molecular weight is 335 g/mol. The van der Waals surface area contributed by atoms with E-state index in [0.717, 1.165) is 25.8 Å². The molecule has 0 bridgehead atoms. The van der Waals surface area contributed by atoms with Gasteiger partial charge in [-0.15, -0.1) is 23.1 Å². The first-order valence-corrected chi connectivity index (χ1v) is 7.59. The number of hydrogen-bond acceptors (Lipinski definition) is 3. The first-order chi connectivity index (χ1) is 7.65. The summed E-state index contributed by atoms with van der Waals surface area (Å²) in [6.45, 7) is 0. The van der Waals surface area contributed by atoms with E-state index in [1.165, 1.54) is 4.88 Å². The van der Waals surface area contributed by atoms with E-state index in [1.54, 1.807) is 23.1 Å². The quantitative estimate of drug-likeness (QED) is 0.628. The third-order valence-electron chi connectivity index (χ3n) is 1.97. The summed E-state index contributed by atoms with van der Waals surface area (Å²) < 4.78 is 1.13. The van der Waals surface area contributed by atoms with Crippen molar-refractivity contribution in [3.63, 3.8) is 0 Å². The maximum absolute atomic E-state index is 5.93. The Morgan fingerprint density at radius 2 is 2.19 bits per heavy atom. The molecule has 16 heavy (non-hydrogen) atoms. The van der Waals surface area contributed by atoms with Crippen molar-refractivity contribution >= 4 is 56.3 Å². The predicted octanol–water partition coefficient (Wildman–Crippen LogP) is 5.04. The van der Waals surface area contributed by atoms with Crippen molar-refractivity contribution in [3.8, 4) is 0 Å². The van der Waals surface area contributed by atoms with E-state index in [0.29, 0.717) is 0 Å². The molecule has 1 aromatic carbocycles. The second kappa shape index (κ2) is 5.45. The number of rotatable bonds is 3. The summed E-state index contributed by atoms with van der Waals surface area (Å²) in [7, 11) is 0. The lowest BCUT2D eigenvalue weighted by Crippen LogP contribution is -1.88. The fourth-order valence-corrected chi connectivity index (χ4v) is 3.96. The van der Waals surface area contributed by atoms with Crippen LogP contribution < -0.4 is 5.73 Å². The second-order valence-corrected chi connectivity index (χ2v) is 6.57. The molecule has 1 heterocycles. The topological polar surface area (TPSA) is 26.0 Å². The first kappa shape index (κ1) is 12.3. The number of thiophene rings is 1. The van der Waals surface area contributed by atoms with Crippen LogP contribution in [0.1, 0.15) is 4.88 Å². The number of thioether (sulfide) groups is 1. The Kier molecular flexibility index (Phi) is 4.19. The summed E-state index contributed by atoms with van der Waals surface area (Å²) >= 11 is 12.8. The second-order valence-electron chi connectivity index (χ2n) is 3.20. The van der Waals surface area contributed by atoms with Gasteiger partial charge in [0.1, 0.15) is 0 Å². The van der Waals surface area contributed by atoms with Gasteiger partial charge in [0.15, 0.2) is 0 Å². The summed E-state index contributed by atoms with van der Waals surface area (Å²) in [5.41, 5.74) is 6.66. The highest BCUT2D eigenvalue weighted by molar-refractivity contribution is 9.10. The molecule has 5 heteroatoms. The zero-order valence-corrected chi connectivity index (χ0v) is 12.2. The number of nitrogens with two attached hydrogens (primary N) is 1.